The van der Waals surface area contributed by atoms with Gasteiger partial charge in [0.1, 0.15) is 5.82 Å². The molecule has 1 aromatic carbocycles. The Balaban J connectivity index is 2.60. The minimum Gasteiger partial charge on any atom is -0.383 e. The van der Waals surface area contributed by atoms with Crippen molar-refractivity contribution in [3.63, 3.8) is 0 Å². The molecule has 2 rings (SSSR count). The van der Waals surface area contributed by atoms with Crippen molar-refractivity contribution in [2.45, 2.75) is 33.6 Å². The van der Waals surface area contributed by atoms with Crippen LogP contribution in [0.5, 0.6) is 0 Å². The number of nitrogens with two attached hydrogens (primary N) is 1. The molecule has 0 fully saturated rings. The minimum atomic E-state index is 0.381. The van der Waals surface area contributed by atoms with Crippen LogP contribution in [0.25, 0.3) is 5.69 Å². The second-order valence-corrected chi connectivity index (χ2v) is 6.08. The van der Waals surface area contributed by atoms with E-state index in [1.807, 2.05) is 4.68 Å². The fraction of sp³-hybridized carbons (Fsp3) is 0.357. The minimum absolute atomic E-state index is 0.381. The summed E-state index contributed by atoms with van der Waals surface area (Å²) in [4.78, 5) is 0. The maximum Gasteiger partial charge on any atom is 0.141 e. The third-order valence-electron chi connectivity index (χ3n) is 2.88. The van der Waals surface area contributed by atoms with Crippen LogP contribution in [-0.4, -0.2) is 9.78 Å². The quantitative estimate of drug-likeness (QED) is 0.833. The lowest BCUT2D eigenvalue weighted by Gasteiger charge is -2.07. The summed E-state index contributed by atoms with van der Waals surface area (Å²) in [6.45, 7) is 8.45. The highest BCUT2D eigenvalue weighted by Crippen LogP contribution is 2.28. The number of halogens is 1. The second kappa shape index (κ2) is 4.91. The van der Waals surface area contributed by atoms with Gasteiger partial charge < -0.3 is 5.73 Å². The molecule has 0 unspecified atom stereocenters. The number of anilines is 1. The number of hydrogen-bond donors (Lipinski definition) is 1. The van der Waals surface area contributed by atoms with Crippen molar-refractivity contribution in [3.8, 4) is 5.69 Å². The predicted molar refractivity (Wildman–Crippen MR) is 84.3 cm³/mol. The maximum absolute atomic E-state index is 6.17. The topological polar surface area (TPSA) is 43.8 Å². The Labute approximate surface area is 122 Å². The van der Waals surface area contributed by atoms with Crippen molar-refractivity contribution in [1.82, 2.24) is 9.78 Å². The van der Waals surface area contributed by atoms with Crippen LogP contribution in [0.3, 0.4) is 0 Å². The van der Waals surface area contributed by atoms with Crippen LogP contribution in [0.1, 0.15) is 36.6 Å². The molecule has 0 radical (unpaired) electrons. The van der Waals surface area contributed by atoms with E-state index < -0.39 is 0 Å². The van der Waals surface area contributed by atoms with E-state index in [9.17, 15) is 0 Å². The lowest BCUT2D eigenvalue weighted by atomic mass is 10.1. The van der Waals surface area contributed by atoms with E-state index in [0.717, 1.165) is 20.8 Å². The summed E-state index contributed by atoms with van der Waals surface area (Å²) in [6.07, 6.45) is 0. The van der Waals surface area contributed by atoms with E-state index in [2.05, 4.69) is 73.6 Å². The maximum atomic E-state index is 6.17. The zero-order valence-corrected chi connectivity index (χ0v) is 13.3. The van der Waals surface area contributed by atoms with Crippen LogP contribution in [-0.2, 0) is 0 Å². The van der Waals surface area contributed by atoms with Gasteiger partial charge >= 0.3 is 0 Å². The third-order valence-corrected chi connectivity index (χ3v) is 3.99. The molecule has 2 N–H and O–H groups in total. The summed E-state index contributed by atoms with van der Waals surface area (Å²) >= 11 is 2.28. The molecule has 0 saturated heterocycles. The number of rotatable bonds is 2. The Morgan fingerprint density at radius 3 is 2.17 bits per heavy atom. The highest BCUT2D eigenvalue weighted by molar-refractivity contribution is 14.1. The van der Waals surface area contributed by atoms with Crippen molar-refractivity contribution in [2.24, 2.45) is 0 Å². The second-order valence-electron chi connectivity index (χ2n) is 5.00. The van der Waals surface area contributed by atoms with Gasteiger partial charge in [-0.2, -0.15) is 5.10 Å². The molecule has 0 atom stereocenters. The largest absolute Gasteiger partial charge is 0.383 e. The number of benzene rings is 1. The van der Waals surface area contributed by atoms with E-state index in [4.69, 9.17) is 5.73 Å². The zero-order valence-electron chi connectivity index (χ0n) is 11.2. The molecule has 0 saturated carbocycles. The predicted octanol–water partition coefficient (Wildman–Crippen LogP) is 3.80. The first-order valence-corrected chi connectivity index (χ1v) is 7.10. The van der Waals surface area contributed by atoms with Gasteiger partial charge in [0.15, 0.2) is 0 Å². The first kappa shape index (κ1) is 13.4. The fourth-order valence-corrected chi connectivity index (χ4v) is 3.03. The lowest BCUT2D eigenvalue weighted by Crippen LogP contribution is -2.03. The monoisotopic (exact) mass is 355 g/mol. The van der Waals surface area contributed by atoms with E-state index in [-0.39, 0.29) is 0 Å². The van der Waals surface area contributed by atoms with Crippen LogP contribution in [0.2, 0.25) is 0 Å². The molecule has 1 heterocycles. The molecule has 0 aliphatic heterocycles. The number of aromatic nitrogens is 2. The number of hydrogen-bond acceptors (Lipinski definition) is 2. The van der Waals surface area contributed by atoms with E-state index >= 15 is 0 Å². The van der Waals surface area contributed by atoms with Crippen molar-refractivity contribution < 1.29 is 0 Å². The van der Waals surface area contributed by atoms with Crippen LogP contribution in [0.4, 0.5) is 5.82 Å². The van der Waals surface area contributed by atoms with Crippen LogP contribution in [0, 0.1) is 17.4 Å². The molecule has 1 aromatic heterocycles. The summed E-state index contributed by atoms with van der Waals surface area (Å²) in [5.74, 6) is 1.11. The molecule has 0 aliphatic carbocycles. The van der Waals surface area contributed by atoms with Crippen molar-refractivity contribution in [1.29, 1.82) is 0 Å². The highest BCUT2D eigenvalue weighted by Gasteiger charge is 2.16. The molecular weight excluding hydrogens is 337 g/mol. The number of nitrogens with zero attached hydrogens (tertiary/aromatic N) is 2. The Bertz CT molecular complexity index is 565. The van der Waals surface area contributed by atoms with E-state index in [1.165, 1.54) is 11.1 Å². The summed E-state index contributed by atoms with van der Waals surface area (Å²) in [5, 5.41) is 4.65. The van der Waals surface area contributed by atoms with Crippen LogP contribution < -0.4 is 5.73 Å². The molecule has 18 heavy (non-hydrogen) atoms. The van der Waals surface area contributed by atoms with Gasteiger partial charge in [0.05, 0.1) is 15.0 Å². The van der Waals surface area contributed by atoms with Crippen molar-refractivity contribution in [2.75, 3.05) is 5.73 Å². The average molecular weight is 355 g/mol. The van der Waals surface area contributed by atoms with Crippen molar-refractivity contribution in [3.05, 3.63) is 38.6 Å². The van der Waals surface area contributed by atoms with Gasteiger partial charge in [0.2, 0.25) is 0 Å². The van der Waals surface area contributed by atoms with Crippen molar-refractivity contribution >= 4 is 28.4 Å². The van der Waals surface area contributed by atoms with Crippen LogP contribution in [0.15, 0.2) is 18.2 Å². The first-order chi connectivity index (χ1) is 8.40. The molecule has 96 valence electrons. The van der Waals surface area contributed by atoms with Gasteiger partial charge in [-0.05, 0) is 65.6 Å². The van der Waals surface area contributed by atoms with Gasteiger partial charge in [-0.3, -0.25) is 0 Å². The Hall–Kier alpha value is -1.04. The SMILES string of the molecule is Cc1cc(C)cc(-n2nc(C(C)C)c(I)c2N)c1. The smallest absolute Gasteiger partial charge is 0.141 e. The van der Waals surface area contributed by atoms with Gasteiger partial charge in [0, 0.05) is 0 Å². The number of aryl methyl sites for hydroxylation is 2. The molecule has 0 bridgehead atoms. The molecule has 0 spiro atoms. The third kappa shape index (κ3) is 2.39. The lowest BCUT2D eigenvalue weighted by molar-refractivity contribution is 0.768. The summed E-state index contributed by atoms with van der Waals surface area (Å²) in [6, 6.07) is 6.37. The normalized spacial score (nSPS) is 11.2. The van der Waals surface area contributed by atoms with Gasteiger partial charge in [-0.15, -0.1) is 0 Å². The van der Waals surface area contributed by atoms with Crippen LogP contribution >= 0.6 is 22.6 Å². The molecule has 4 heteroatoms. The van der Waals surface area contributed by atoms with Gasteiger partial charge in [0.25, 0.3) is 0 Å². The number of nitrogen functional groups attached to an aromatic ring is 1. The molecule has 0 aliphatic rings. The first-order valence-electron chi connectivity index (χ1n) is 6.02. The summed E-state index contributed by atoms with van der Waals surface area (Å²) in [5.41, 5.74) is 10.7. The Kier molecular flexibility index (Phi) is 3.66. The van der Waals surface area contributed by atoms with Gasteiger partial charge in [-0.25, -0.2) is 4.68 Å². The summed E-state index contributed by atoms with van der Waals surface area (Å²) < 4.78 is 2.90. The fourth-order valence-electron chi connectivity index (χ4n) is 2.07. The van der Waals surface area contributed by atoms with E-state index in [0.29, 0.717) is 5.92 Å². The zero-order chi connectivity index (χ0) is 13.4. The molecule has 0 amide bonds. The Morgan fingerprint density at radius 1 is 1.17 bits per heavy atom. The molecule has 2 aromatic rings. The highest BCUT2D eigenvalue weighted by atomic mass is 127. The Morgan fingerprint density at radius 2 is 1.72 bits per heavy atom. The summed E-state index contributed by atoms with van der Waals surface area (Å²) in [7, 11) is 0. The molecule has 3 nitrogen and oxygen atoms in total. The van der Waals surface area contributed by atoms with Gasteiger partial charge in [-0.1, -0.05) is 19.9 Å². The average Bonchev–Trinajstić information content (AvgIpc) is 2.55. The molecular formula is C14H18IN3. The standard InChI is InChI=1S/C14H18IN3/c1-8(2)13-12(15)14(16)18(17-13)11-6-9(3)5-10(4)7-11/h5-8H,16H2,1-4H3. The van der Waals surface area contributed by atoms with E-state index in [1.54, 1.807) is 0 Å².